The summed E-state index contributed by atoms with van der Waals surface area (Å²) in [6, 6.07) is 31.3. The van der Waals surface area contributed by atoms with Gasteiger partial charge in [0.2, 0.25) is 0 Å². The number of hydrogen-bond acceptors (Lipinski definition) is 14. The molecule has 15 heteroatoms. The molecular weight excluding hydrogens is 1190 g/mol. The summed E-state index contributed by atoms with van der Waals surface area (Å²) in [5.74, 6) is 4.99. The van der Waals surface area contributed by atoms with Crippen LogP contribution in [0.2, 0.25) is 0 Å². The summed E-state index contributed by atoms with van der Waals surface area (Å²) in [4.78, 5) is 2.68. The van der Waals surface area contributed by atoms with E-state index >= 15 is 0 Å². The molecule has 0 bridgehead atoms. The molecule has 63 heavy (non-hydrogen) atoms. The van der Waals surface area contributed by atoms with E-state index in [2.05, 4.69) is 120 Å². The zero-order valence-corrected chi connectivity index (χ0v) is 44.8. The molecule has 0 unspecified atom stereocenters. The monoisotopic (exact) mass is 1220 g/mol. The average Bonchev–Trinajstić information content (AvgIpc) is 4.20. The quantitative estimate of drug-likeness (QED) is 0.124. The van der Waals surface area contributed by atoms with Gasteiger partial charge in [0, 0.05) is 32.8 Å². The third-order valence-electron chi connectivity index (χ3n) is 10.0. The first-order valence-electron chi connectivity index (χ1n) is 19.2. The van der Waals surface area contributed by atoms with Crippen LogP contribution in [0.4, 0.5) is 0 Å². The van der Waals surface area contributed by atoms with Crippen molar-refractivity contribution in [3.05, 3.63) is 198 Å². The van der Waals surface area contributed by atoms with E-state index in [0.717, 1.165) is 12.8 Å². The van der Waals surface area contributed by atoms with Gasteiger partial charge in [0.05, 0.1) is 33.9 Å². The second-order valence-corrected chi connectivity index (χ2v) is 28.2. The minimum Gasteiger partial charge on any atom is -0.512 e. The summed E-state index contributed by atoms with van der Waals surface area (Å²) >= 11 is 23.6. The van der Waals surface area contributed by atoms with Crippen molar-refractivity contribution in [1.29, 1.82) is 10.5 Å². The Morgan fingerprint density at radius 2 is 0.746 bits per heavy atom. The zero-order valence-electron chi connectivity index (χ0n) is 32.9. The number of fused-ring (bicyclic) bond motifs is 6. The minimum atomic E-state index is 0. The maximum absolute atomic E-state index is 6.25. The van der Waals surface area contributed by atoms with Crippen LogP contribution >= 0.6 is 141 Å². The molecule has 318 valence electrons. The molecule has 0 saturated carbocycles. The standard InChI is InChI=1S/2C23H16S6.2CN.Au/c2*1-2-4-18-15(3-1)12-16-11-14(6-8-19(16)18)5-7-17-13-26-22(27-17)23-28-20-21(29-23)25-10-9-24-20;2*1-2;/h2*1-8,11,13H,9-10,12H2;;;/q;;2*-1;+1/b2*7-5+;;;. The van der Waals surface area contributed by atoms with Crippen LogP contribution in [0.15, 0.2) is 152 Å². The summed E-state index contributed by atoms with van der Waals surface area (Å²) in [7, 11) is 0. The average molecular weight is 1220 g/mol. The molecule has 0 radical (unpaired) electrons. The van der Waals surface area contributed by atoms with Gasteiger partial charge in [-0.25, -0.2) is 0 Å². The van der Waals surface area contributed by atoms with E-state index in [9.17, 15) is 0 Å². The van der Waals surface area contributed by atoms with Gasteiger partial charge >= 0.3 is 22.4 Å². The van der Waals surface area contributed by atoms with Crippen LogP contribution in [0, 0.1) is 23.7 Å². The summed E-state index contributed by atoms with van der Waals surface area (Å²) in [5.41, 5.74) is 14.0. The van der Waals surface area contributed by atoms with Crippen molar-refractivity contribution in [2.45, 2.75) is 12.8 Å². The maximum Gasteiger partial charge on any atom is 1.00 e. The fourth-order valence-corrected chi connectivity index (χ4v) is 24.2. The van der Waals surface area contributed by atoms with Crippen molar-refractivity contribution in [2.75, 3.05) is 23.0 Å². The first-order chi connectivity index (χ1) is 30.7. The molecule has 0 fully saturated rings. The van der Waals surface area contributed by atoms with Gasteiger partial charge in [-0.05, 0) is 91.4 Å². The Kier molecular flexibility index (Phi) is 17.7. The number of rotatable bonds is 4. The molecule has 2 aliphatic carbocycles. The molecule has 4 aromatic rings. The van der Waals surface area contributed by atoms with Crippen LogP contribution in [0.3, 0.4) is 0 Å². The van der Waals surface area contributed by atoms with Crippen LogP contribution in [0.25, 0.3) is 34.4 Å². The summed E-state index contributed by atoms with van der Waals surface area (Å²) < 4.78 is 11.9. The van der Waals surface area contributed by atoms with Gasteiger partial charge in [0.15, 0.2) is 0 Å². The van der Waals surface area contributed by atoms with E-state index in [-0.39, 0.29) is 22.4 Å². The van der Waals surface area contributed by atoms with Gasteiger partial charge in [-0.2, -0.15) is 0 Å². The number of thioether (sulfide) groups is 12. The van der Waals surface area contributed by atoms with Crippen molar-refractivity contribution in [2.24, 2.45) is 0 Å². The van der Waals surface area contributed by atoms with Gasteiger partial charge in [-0.3, -0.25) is 0 Å². The fourth-order valence-electron chi connectivity index (χ4n) is 7.36. The second kappa shape index (κ2) is 23.1. The normalized spacial score (nSPS) is 18.8. The Morgan fingerprint density at radius 3 is 1.14 bits per heavy atom. The van der Waals surface area contributed by atoms with Crippen LogP contribution in [-0.2, 0) is 35.2 Å². The third-order valence-corrected chi connectivity index (χ3v) is 27.3. The Balaban J connectivity index is 0.000000158. The largest absolute Gasteiger partial charge is 1.00 e. The molecule has 8 aliphatic rings. The minimum absolute atomic E-state index is 0. The van der Waals surface area contributed by atoms with Crippen LogP contribution in [0.5, 0.6) is 0 Å². The van der Waals surface area contributed by atoms with E-state index < -0.39 is 0 Å². The van der Waals surface area contributed by atoms with E-state index in [0.29, 0.717) is 0 Å². The molecule has 0 aromatic heterocycles. The number of allylic oxidation sites excluding steroid dienone is 2. The van der Waals surface area contributed by atoms with E-state index in [1.54, 1.807) is 0 Å². The molecular formula is C48H32AuN2S12-. The molecule has 0 N–H and O–H groups in total. The molecule has 0 amide bonds. The number of nitrogens with zero attached hydrogens (tertiary/aromatic N) is 2. The van der Waals surface area contributed by atoms with Crippen molar-refractivity contribution < 1.29 is 22.4 Å². The van der Waals surface area contributed by atoms with Crippen LogP contribution in [0.1, 0.15) is 33.4 Å². The van der Waals surface area contributed by atoms with Crippen molar-refractivity contribution in [1.82, 2.24) is 0 Å². The summed E-state index contributed by atoms with van der Waals surface area (Å²) in [5, 5.41) is 17.1. The van der Waals surface area contributed by atoms with Crippen LogP contribution < -0.4 is 0 Å². The van der Waals surface area contributed by atoms with E-state index in [1.807, 2.05) is 141 Å². The molecule has 12 rings (SSSR count). The third kappa shape index (κ3) is 11.2. The molecule has 6 heterocycles. The fraction of sp³-hybridized carbons (Fsp3) is 0.125. The zero-order chi connectivity index (χ0) is 42.4. The van der Waals surface area contributed by atoms with Gasteiger partial charge in [0.25, 0.3) is 0 Å². The predicted octanol–water partition coefficient (Wildman–Crippen LogP) is 17.8. The topological polar surface area (TPSA) is 47.6 Å². The van der Waals surface area contributed by atoms with Crippen molar-refractivity contribution in [3.8, 4) is 22.3 Å². The van der Waals surface area contributed by atoms with Gasteiger partial charge in [-0.15, -0.1) is 47.0 Å². The predicted molar refractivity (Wildman–Crippen MR) is 292 cm³/mol. The molecule has 6 aliphatic heterocycles. The molecule has 0 atom stereocenters. The van der Waals surface area contributed by atoms with Gasteiger partial charge in [0.1, 0.15) is 0 Å². The van der Waals surface area contributed by atoms with Crippen LogP contribution in [-0.4, -0.2) is 23.0 Å². The van der Waals surface area contributed by atoms with E-state index in [4.69, 9.17) is 23.7 Å². The summed E-state index contributed by atoms with van der Waals surface area (Å²) in [6.45, 7) is 9.50. The number of hydrogen-bond donors (Lipinski definition) is 0. The first-order valence-corrected chi connectivity index (χ1v) is 29.8. The number of benzene rings is 4. The first kappa shape index (κ1) is 48.2. The Morgan fingerprint density at radius 1 is 0.381 bits per heavy atom. The molecule has 0 spiro atoms. The van der Waals surface area contributed by atoms with Gasteiger partial charge < -0.3 is 23.7 Å². The SMILES string of the molecule is C1=C(/C=C/c2ccc3c(c2)Cc2ccccc2-3)SC(=C2SC3=C(SCCS3)S2)S1.C1=C(/C=C/c2ccc3c(c2)Cc2ccccc2-3)SC(=C2SC3=C(SCCS3)S2)S1.[Au+].[C-]#N.[C-]#N. The Bertz CT molecular complexity index is 2530. The molecule has 0 saturated heterocycles. The molecule has 2 nitrogen and oxygen atoms in total. The molecule has 4 aromatic carbocycles. The second-order valence-electron chi connectivity index (χ2n) is 13.7. The Hall–Kier alpha value is -1.28. The van der Waals surface area contributed by atoms with Crippen molar-refractivity contribution >= 4 is 153 Å². The van der Waals surface area contributed by atoms with Crippen molar-refractivity contribution in [3.63, 3.8) is 0 Å². The van der Waals surface area contributed by atoms with Gasteiger partial charge in [-0.1, -0.05) is 191 Å². The summed E-state index contributed by atoms with van der Waals surface area (Å²) in [6.07, 6.45) is 11.2. The smallest absolute Gasteiger partial charge is 0.512 e. The Labute approximate surface area is 437 Å². The van der Waals surface area contributed by atoms with E-state index in [1.165, 1.54) is 122 Å². The maximum atomic E-state index is 6.25.